The van der Waals surface area contributed by atoms with E-state index in [0.717, 1.165) is 36.7 Å². The highest BCUT2D eigenvalue weighted by Crippen LogP contribution is 2.64. The maximum Gasteiger partial charge on any atom is 0.241 e. The van der Waals surface area contributed by atoms with Gasteiger partial charge in [0, 0.05) is 37.2 Å². The second kappa shape index (κ2) is 12.1. The Bertz CT molecular complexity index is 1960. The van der Waals surface area contributed by atoms with E-state index in [1.807, 2.05) is 24.3 Å². The number of para-hydroxylation sites is 1. The van der Waals surface area contributed by atoms with Gasteiger partial charge in [0.15, 0.2) is 11.6 Å². The second-order valence-electron chi connectivity index (χ2n) is 14.5. The Morgan fingerprint density at radius 3 is 2.34 bits per heavy atom. The van der Waals surface area contributed by atoms with Gasteiger partial charge >= 0.3 is 0 Å². The maximum atomic E-state index is 15.0. The van der Waals surface area contributed by atoms with Crippen LogP contribution in [0.25, 0.3) is 0 Å². The van der Waals surface area contributed by atoms with Gasteiger partial charge in [-0.2, -0.15) is 0 Å². The minimum absolute atomic E-state index is 0.0935. The Balaban J connectivity index is 1.14. The normalized spacial score (nSPS) is 30.0. The quantitative estimate of drug-likeness (QED) is 0.251. The summed E-state index contributed by atoms with van der Waals surface area (Å²) in [4.78, 5) is 62.1. The molecule has 258 valence electrons. The maximum absolute atomic E-state index is 15.0. The van der Waals surface area contributed by atoms with Gasteiger partial charge in [0.25, 0.3) is 0 Å². The van der Waals surface area contributed by atoms with Gasteiger partial charge in [0.2, 0.25) is 23.6 Å². The van der Waals surface area contributed by atoms with Crippen LogP contribution in [0.1, 0.15) is 49.7 Å². The summed E-state index contributed by atoms with van der Waals surface area (Å²) in [6.45, 7) is 3.90. The van der Waals surface area contributed by atoms with Gasteiger partial charge in [-0.15, -0.1) is 0 Å². The van der Waals surface area contributed by atoms with Crippen LogP contribution in [0, 0.1) is 40.7 Å². The summed E-state index contributed by atoms with van der Waals surface area (Å²) >= 11 is 6.07. The lowest BCUT2D eigenvalue weighted by Crippen LogP contribution is -2.49. The number of rotatable bonds is 5. The van der Waals surface area contributed by atoms with Crippen molar-refractivity contribution in [3.63, 3.8) is 0 Å². The Labute approximate surface area is 293 Å². The molecule has 0 aromatic heterocycles. The van der Waals surface area contributed by atoms with Gasteiger partial charge in [-0.05, 0) is 68.4 Å². The molecule has 8 nitrogen and oxygen atoms in total. The number of phenolic OH excluding ortho intramolecular Hbond substituents is 1. The largest absolute Gasteiger partial charge is 0.505 e. The summed E-state index contributed by atoms with van der Waals surface area (Å²) in [5, 5.41) is 10.8. The number of phenols is 1. The monoisotopic (exact) mass is 699 g/mol. The molecule has 1 N–H and O–H groups in total. The van der Waals surface area contributed by atoms with Crippen molar-refractivity contribution in [1.29, 1.82) is 0 Å². The van der Waals surface area contributed by atoms with E-state index in [1.54, 1.807) is 6.92 Å². The van der Waals surface area contributed by atoms with Crippen molar-refractivity contribution >= 4 is 40.9 Å². The standard InChI is InChI=1S/C39H36ClF2N3O5/c1-39-28(36(48)45(38(39)50)23-10-13-30(41)29(40)18-23)19-27-24(33(39)26-8-5-9-31(42)34(26)46)11-12-25-32(27)37(49)44(35(25)47)22-14-16-43(17-15-22)20-21-6-3-2-4-7-21/h2-11,13,18,22,25,27-28,32-33,46H,12,14-17,19-20H2,1H3. The number of piperidine rings is 1. The fourth-order valence-corrected chi connectivity index (χ4v) is 9.73. The fourth-order valence-electron chi connectivity index (χ4n) is 9.56. The number of likely N-dealkylation sites (tertiary alicyclic amines) is 2. The average molecular weight is 700 g/mol. The number of imide groups is 2. The third kappa shape index (κ3) is 4.86. The molecule has 3 aliphatic heterocycles. The number of halogens is 3. The molecule has 6 unspecified atom stereocenters. The summed E-state index contributed by atoms with van der Waals surface area (Å²) in [5.41, 5.74) is 0.581. The molecule has 6 atom stereocenters. The average Bonchev–Trinajstić information content (AvgIpc) is 3.48. The van der Waals surface area contributed by atoms with Crippen LogP contribution in [-0.2, 0) is 25.7 Å². The van der Waals surface area contributed by atoms with Crippen molar-refractivity contribution in [3.05, 3.63) is 106 Å². The van der Waals surface area contributed by atoms with Gasteiger partial charge in [0.1, 0.15) is 5.82 Å². The summed E-state index contributed by atoms with van der Waals surface area (Å²) in [7, 11) is 0. The Kier molecular flexibility index (Phi) is 7.95. The van der Waals surface area contributed by atoms with Crippen molar-refractivity contribution in [3.8, 4) is 5.75 Å². The van der Waals surface area contributed by atoms with Crippen LogP contribution in [0.2, 0.25) is 5.02 Å². The number of benzene rings is 3. The van der Waals surface area contributed by atoms with Crippen molar-refractivity contribution in [2.24, 2.45) is 29.1 Å². The van der Waals surface area contributed by atoms with E-state index in [2.05, 4.69) is 17.0 Å². The van der Waals surface area contributed by atoms with E-state index in [1.165, 1.54) is 34.7 Å². The zero-order chi connectivity index (χ0) is 35.1. The van der Waals surface area contributed by atoms with Crippen molar-refractivity contribution < 1.29 is 33.1 Å². The number of nitrogens with zero attached hydrogens (tertiary/aromatic N) is 3. The molecule has 5 aliphatic rings. The molecule has 3 aromatic rings. The van der Waals surface area contributed by atoms with Gasteiger partial charge in [0.05, 0.1) is 33.9 Å². The first-order valence-corrected chi connectivity index (χ1v) is 17.5. The first-order valence-electron chi connectivity index (χ1n) is 17.1. The predicted molar refractivity (Wildman–Crippen MR) is 181 cm³/mol. The minimum atomic E-state index is -1.49. The molecule has 2 aliphatic carbocycles. The zero-order valence-electron chi connectivity index (χ0n) is 27.4. The Hall–Kier alpha value is -4.41. The molecule has 1 saturated carbocycles. The second-order valence-corrected chi connectivity index (χ2v) is 14.9. The number of anilines is 1. The highest BCUT2D eigenvalue weighted by molar-refractivity contribution is 6.31. The van der Waals surface area contributed by atoms with Crippen LogP contribution in [0.4, 0.5) is 14.5 Å². The number of carbonyl (C=O) groups is 4. The minimum Gasteiger partial charge on any atom is -0.505 e. The molecule has 3 saturated heterocycles. The molecule has 11 heteroatoms. The lowest BCUT2D eigenvalue weighted by molar-refractivity contribution is -0.144. The van der Waals surface area contributed by atoms with Gasteiger partial charge in [-0.25, -0.2) is 13.7 Å². The number of fused-ring (bicyclic) bond motifs is 4. The molecule has 3 heterocycles. The zero-order valence-corrected chi connectivity index (χ0v) is 28.2. The van der Waals surface area contributed by atoms with Crippen LogP contribution in [0.5, 0.6) is 5.75 Å². The fraction of sp³-hybridized carbons (Fsp3) is 0.385. The first kappa shape index (κ1) is 32.8. The number of carbonyl (C=O) groups excluding carboxylic acids is 4. The molecular weight excluding hydrogens is 664 g/mol. The van der Waals surface area contributed by atoms with Crippen molar-refractivity contribution in [1.82, 2.24) is 9.80 Å². The Morgan fingerprint density at radius 2 is 1.62 bits per heavy atom. The lowest BCUT2D eigenvalue weighted by atomic mass is 9.51. The molecule has 4 amide bonds. The molecule has 0 radical (unpaired) electrons. The van der Waals surface area contributed by atoms with E-state index in [4.69, 9.17) is 11.6 Å². The summed E-state index contributed by atoms with van der Waals surface area (Å²) < 4.78 is 29.1. The van der Waals surface area contributed by atoms with Gasteiger partial charge in [-0.3, -0.25) is 29.0 Å². The third-order valence-electron chi connectivity index (χ3n) is 12.0. The van der Waals surface area contributed by atoms with E-state index < -0.39 is 64.2 Å². The van der Waals surface area contributed by atoms with Crippen LogP contribution in [0.3, 0.4) is 0 Å². The van der Waals surface area contributed by atoms with E-state index in [9.17, 15) is 33.1 Å². The van der Waals surface area contributed by atoms with Gasteiger partial charge in [-0.1, -0.05) is 65.7 Å². The summed E-state index contributed by atoms with van der Waals surface area (Å²) in [6.07, 6.45) is 3.52. The van der Waals surface area contributed by atoms with Crippen LogP contribution >= 0.6 is 11.6 Å². The molecule has 8 rings (SSSR count). The third-order valence-corrected chi connectivity index (χ3v) is 12.3. The first-order chi connectivity index (χ1) is 24.0. The van der Waals surface area contributed by atoms with Crippen molar-refractivity contribution in [2.75, 3.05) is 18.0 Å². The highest BCUT2D eigenvalue weighted by atomic mass is 35.5. The predicted octanol–water partition coefficient (Wildman–Crippen LogP) is 6.22. The molecule has 4 fully saturated rings. The van der Waals surface area contributed by atoms with Crippen molar-refractivity contribution in [2.45, 2.75) is 51.1 Å². The number of hydrogen-bond acceptors (Lipinski definition) is 6. The van der Waals surface area contributed by atoms with Crippen LogP contribution in [-0.4, -0.2) is 57.7 Å². The number of hydrogen-bond donors (Lipinski definition) is 1. The molecule has 3 aromatic carbocycles. The highest BCUT2D eigenvalue weighted by Gasteiger charge is 2.68. The number of allylic oxidation sites excluding steroid dienone is 2. The summed E-state index contributed by atoms with van der Waals surface area (Å²) in [5.74, 6) is -7.81. The molecule has 0 bridgehead atoms. The molecule has 0 spiro atoms. The number of amides is 4. The lowest BCUT2D eigenvalue weighted by Gasteiger charge is -2.49. The SMILES string of the molecule is CC12C(=O)N(c3ccc(F)c(Cl)c3)C(=O)C1CC1C(=CCC3C(=O)N(C4CCN(Cc5ccccc5)CC4)C(=O)C31)C2c1cccc(F)c1O. The molecular formula is C39H36ClF2N3O5. The van der Waals surface area contributed by atoms with Crippen LogP contribution in [0.15, 0.2) is 78.4 Å². The van der Waals surface area contributed by atoms with Gasteiger partial charge < -0.3 is 5.11 Å². The molecule has 50 heavy (non-hydrogen) atoms. The topological polar surface area (TPSA) is 98.2 Å². The van der Waals surface area contributed by atoms with E-state index >= 15 is 0 Å². The van der Waals surface area contributed by atoms with Crippen LogP contribution < -0.4 is 4.90 Å². The van der Waals surface area contributed by atoms with E-state index in [-0.39, 0.29) is 47.0 Å². The van der Waals surface area contributed by atoms with E-state index in [0.29, 0.717) is 18.4 Å². The smallest absolute Gasteiger partial charge is 0.241 e. The number of aromatic hydroxyl groups is 1. The Morgan fingerprint density at radius 1 is 0.880 bits per heavy atom. The summed E-state index contributed by atoms with van der Waals surface area (Å²) in [6, 6.07) is 17.6.